The van der Waals surface area contributed by atoms with Crippen LogP contribution in [-0.2, 0) is 0 Å². The first-order chi connectivity index (χ1) is 12.0. The third kappa shape index (κ3) is 3.14. The molecule has 0 spiro atoms. The van der Waals surface area contributed by atoms with Gasteiger partial charge in [-0.25, -0.2) is 4.68 Å². The highest BCUT2D eigenvalue weighted by molar-refractivity contribution is 6.05. The number of fused-ring (bicyclic) bond motifs is 1. The maximum Gasteiger partial charge on any atom is 0.305 e. The zero-order valence-electron chi connectivity index (χ0n) is 13.6. The number of rotatable bonds is 3. The molecule has 2 N–H and O–H groups in total. The summed E-state index contributed by atoms with van der Waals surface area (Å²) in [5.41, 5.74) is 4.31. The largest absolute Gasteiger partial charge is 0.459 e. The second kappa shape index (κ2) is 6.60. The van der Waals surface area contributed by atoms with Crippen molar-refractivity contribution in [1.82, 2.24) is 20.6 Å². The lowest BCUT2D eigenvalue weighted by atomic mass is 10.1. The smallest absolute Gasteiger partial charge is 0.305 e. The fraction of sp³-hybridized carbons (Fsp3) is 0.176. The second-order valence-electron chi connectivity index (χ2n) is 5.62. The first-order valence-corrected chi connectivity index (χ1v) is 7.65. The minimum Gasteiger partial charge on any atom is -0.459 e. The van der Waals surface area contributed by atoms with Crippen molar-refractivity contribution in [2.45, 2.75) is 19.9 Å². The van der Waals surface area contributed by atoms with Gasteiger partial charge in [0.15, 0.2) is 11.5 Å². The number of nitrogens with zero attached hydrogens (tertiary/aromatic N) is 2. The van der Waals surface area contributed by atoms with Gasteiger partial charge in [0.25, 0.3) is 11.5 Å². The summed E-state index contributed by atoms with van der Waals surface area (Å²) in [6.07, 6.45) is 1.35. The predicted molar refractivity (Wildman–Crippen MR) is 90.0 cm³/mol. The molecule has 8 nitrogen and oxygen atoms in total. The van der Waals surface area contributed by atoms with Gasteiger partial charge >= 0.3 is 5.91 Å². The van der Waals surface area contributed by atoms with E-state index in [1.54, 1.807) is 44.2 Å². The van der Waals surface area contributed by atoms with Crippen LogP contribution in [0.3, 0.4) is 0 Å². The van der Waals surface area contributed by atoms with Crippen LogP contribution in [-0.4, -0.2) is 21.6 Å². The zero-order valence-corrected chi connectivity index (χ0v) is 13.6. The topological polar surface area (TPSA) is 106 Å². The Kier molecular flexibility index (Phi) is 4.34. The van der Waals surface area contributed by atoms with Gasteiger partial charge in [0.1, 0.15) is 0 Å². The Hall–Kier alpha value is -3.42. The van der Waals surface area contributed by atoms with Gasteiger partial charge in [-0.3, -0.25) is 25.2 Å². The predicted octanol–water partition coefficient (Wildman–Crippen LogP) is 1.65. The van der Waals surface area contributed by atoms with Gasteiger partial charge in [-0.2, -0.15) is 5.10 Å². The maximum absolute atomic E-state index is 12.5. The van der Waals surface area contributed by atoms with Crippen LogP contribution in [0.15, 0.2) is 51.9 Å². The molecule has 128 valence electrons. The van der Waals surface area contributed by atoms with Crippen molar-refractivity contribution in [1.29, 1.82) is 0 Å². The highest BCUT2D eigenvalue weighted by Crippen LogP contribution is 2.14. The van der Waals surface area contributed by atoms with Crippen molar-refractivity contribution in [2.24, 2.45) is 0 Å². The number of furan rings is 1. The lowest BCUT2D eigenvalue weighted by Crippen LogP contribution is -2.42. The van der Waals surface area contributed by atoms with Crippen LogP contribution in [0.1, 0.15) is 40.9 Å². The Labute approximate surface area is 142 Å². The molecule has 2 amide bonds. The van der Waals surface area contributed by atoms with Gasteiger partial charge < -0.3 is 4.42 Å². The number of aromatic nitrogens is 2. The third-order valence-electron chi connectivity index (χ3n) is 3.57. The van der Waals surface area contributed by atoms with Crippen LogP contribution in [0.4, 0.5) is 0 Å². The molecule has 3 rings (SSSR count). The number of carbonyl (C=O) groups excluding carboxylic acids is 2. The van der Waals surface area contributed by atoms with E-state index in [9.17, 15) is 14.4 Å². The van der Waals surface area contributed by atoms with Gasteiger partial charge in [-0.05, 0) is 32.0 Å². The van der Waals surface area contributed by atoms with E-state index >= 15 is 0 Å². The lowest BCUT2D eigenvalue weighted by Gasteiger charge is -2.13. The summed E-state index contributed by atoms with van der Waals surface area (Å²) in [6.45, 7) is 3.59. The Morgan fingerprint density at radius 2 is 1.72 bits per heavy atom. The summed E-state index contributed by atoms with van der Waals surface area (Å²) in [4.78, 5) is 36.8. The molecule has 2 heterocycles. The van der Waals surface area contributed by atoms with E-state index in [0.29, 0.717) is 10.8 Å². The molecule has 2 aromatic heterocycles. The standard InChI is InChI=1S/C17H16N4O4/c1-10(2)21-17(24)12-7-4-3-6-11(12)14(20-21)16(23)19-18-15(22)13-8-5-9-25-13/h3-10H,1-2H3,(H,18,22)(H,19,23). The molecule has 0 aliphatic heterocycles. The fourth-order valence-corrected chi connectivity index (χ4v) is 2.37. The van der Waals surface area contributed by atoms with Gasteiger partial charge in [0.2, 0.25) is 0 Å². The second-order valence-corrected chi connectivity index (χ2v) is 5.62. The van der Waals surface area contributed by atoms with E-state index in [4.69, 9.17) is 4.42 Å². The summed E-state index contributed by atoms with van der Waals surface area (Å²) < 4.78 is 6.19. The van der Waals surface area contributed by atoms with Gasteiger partial charge in [0, 0.05) is 5.39 Å². The highest BCUT2D eigenvalue weighted by atomic mass is 16.3. The van der Waals surface area contributed by atoms with Gasteiger partial charge in [0.05, 0.1) is 17.7 Å². The average Bonchev–Trinajstić information content (AvgIpc) is 3.14. The molecular formula is C17H16N4O4. The molecule has 3 aromatic rings. The lowest BCUT2D eigenvalue weighted by molar-refractivity contribution is 0.0828. The summed E-state index contributed by atoms with van der Waals surface area (Å²) in [6, 6.07) is 9.50. The molecule has 0 atom stereocenters. The minimum atomic E-state index is -0.634. The third-order valence-corrected chi connectivity index (χ3v) is 3.57. The Morgan fingerprint density at radius 3 is 2.36 bits per heavy atom. The summed E-state index contributed by atoms with van der Waals surface area (Å²) in [5, 5.41) is 4.95. The normalized spacial score (nSPS) is 10.8. The monoisotopic (exact) mass is 340 g/mol. The van der Waals surface area contributed by atoms with E-state index in [0.717, 1.165) is 0 Å². The fourth-order valence-electron chi connectivity index (χ4n) is 2.37. The van der Waals surface area contributed by atoms with E-state index in [-0.39, 0.29) is 23.1 Å². The van der Waals surface area contributed by atoms with Crippen LogP contribution in [0, 0.1) is 0 Å². The molecule has 1 aromatic carbocycles. The number of carbonyl (C=O) groups is 2. The van der Waals surface area contributed by atoms with Crippen LogP contribution in [0.25, 0.3) is 10.8 Å². The van der Waals surface area contributed by atoms with Gasteiger partial charge in [-0.15, -0.1) is 0 Å². The van der Waals surface area contributed by atoms with E-state index in [2.05, 4.69) is 16.0 Å². The number of benzene rings is 1. The Bertz CT molecular complexity index is 990. The average molecular weight is 340 g/mol. The molecule has 0 aliphatic rings. The van der Waals surface area contributed by atoms with E-state index < -0.39 is 11.8 Å². The summed E-state index contributed by atoms with van der Waals surface area (Å²) in [5.74, 6) is -1.17. The van der Waals surface area contributed by atoms with E-state index in [1.165, 1.54) is 17.0 Å². The van der Waals surface area contributed by atoms with Crippen LogP contribution in [0.2, 0.25) is 0 Å². The van der Waals surface area contributed by atoms with E-state index in [1.807, 2.05) is 0 Å². The molecule has 0 bridgehead atoms. The number of amides is 2. The quantitative estimate of drug-likeness (QED) is 0.705. The minimum absolute atomic E-state index is 0.0450. The Morgan fingerprint density at radius 1 is 1.04 bits per heavy atom. The van der Waals surface area contributed by atoms with Gasteiger partial charge in [-0.1, -0.05) is 18.2 Å². The number of hydrogen-bond acceptors (Lipinski definition) is 5. The molecule has 25 heavy (non-hydrogen) atoms. The first kappa shape index (κ1) is 16.4. The van der Waals surface area contributed by atoms with Crippen molar-refractivity contribution >= 4 is 22.6 Å². The number of hydrogen-bond donors (Lipinski definition) is 2. The number of hydrazine groups is 1. The zero-order chi connectivity index (χ0) is 18.0. The van der Waals surface area contributed by atoms with Crippen LogP contribution < -0.4 is 16.4 Å². The summed E-state index contributed by atoms with van der Waals surface area (Å²) in [7, 11) is 0. The van der Waals surface area contributed by atoms with Crippen LogP contribution in [0.5, 0.6) is 0 Å². The molecular weight excluding hydrogens is 324 g/mol. The molecule has 0 radical (unpaired) electrons. The molecule has 0 fully saturated rings. The Balaban J connectivity index is 1.94. The summed E-state index contributed by atoms with van der Waals surface area (Å²) >= 11 is 0. The number of nitrogens with one attached hydrogen (secondary N) is 2. The highest BCUT2D eigenvalue weighted by Gasteiger charge is 2.18. The van der Waals surface area contributed by atoms with Crippen LogP contribution >= 0.6 is 0 Å². The molecule has 0 unspecified atom stereocenters. The van der Waals surface area contributed by atoms with Crippen molar-refractivity contribution in [2.75, 3.05) is 0 Å². The maximum atomic E-state index is 12.5. The molecule has 0 saturated heterocycles. The molecule has 0 aliphatic carbocycles. The SMILES string of the molecule is CC(C)n1nc(C(=O)NNC(=O)c2ccco2)c2ccccc2c1=O. The molecule has 8 heteroatoms. The molecule has 0 saturated carbocycles. The van der Waals surface area contributed by atoms with Crippen molar-refractivity contribution in [3.05, 3.63) is 64.5 Å². The first-order valence-electron chi connectivity index (χ1n) is 7.65. The van der Waals surface area contributed by atoms with Crippen molar-refractivity contribution in [3.8, 4) is 0 Å². The van der Waals surface area contributed by atoms with Crippen molar-refractivity contribution in [3.63, 3.8) is 0 Å². The van der Waals surface area contributed by atoms with Crippen molar-refractivity contribution < 1.29 is 14.0 Å².